The number of carbonyl (C=O) groups is 4. The van der Waals surface area contributed by atoms with E-state index in [1.54, 1.807) is 9.80 Å². The van der Waals surface area contributed by atoms with E-state index in [1.165, 1.54) is 48.1 Å². The van der Waals surface area contributed by atoms with E-state index in [4.69, 9.17) is 17.3 Å². The molecule has 3 amide bonds. The lowest BCUT2D eigenvalue weighted by atomic mass is 9.90. The summed E-state index contributed by atoms with van der Waals surface area (Å²) in [4.78, 5) is 63.3. The number of alkyl halides is 3. The predicted octanol–water partition coefficient (Wildman–Crippen LogP) is 1.66. The number of pyridine rings is 1. The summed E-state index contributed by atoms with van der Waals surface area (Å²) < 4.78 is 44.8. The van der Waals surface area contributed by atoms with Crippen LogP contribution in [0.15, 0.2) is 48.9 Å². The molecule has 3 aliphatic rings. The van der Waals surface area contributed by atoms with Gasteiger partial charge in [0.2, 0.25) is 5.91 Å². The van der Waals surface area contributed by atoms with Crippen molar-refractivity contribution in [1.82, 2.24) is 39.4 Å². The van der Waals surface area contributed by atoms with Crippen LogP contribution in [0.1, 0.15) is 39.5 Å². The second-order valence-electron chi connectivity index (χ2n) is 14.9. The van der Waals surface area contributed by atoms with Gasteiger partial charge in [-0.1, -0.05) is 11.6 Å². The van der Waals surface area contributed by atoms with Gasteiger partial charge in [0.05, 0.1) is 65.5 Å². The summed E-state index contributed by atoms with van der Waals surface area (Å²) in [7, 11) is 1.40. The average molecular weight is 812 g/mol. The quantitative estimate of drug-likeness (QED) is 0.198. The van der Waals surface area contributed by atoms with Crippen molar-refractivity contribution in [1.29, 1.82) is 0 Å². The van der Waals surface area contributed by atoms with E-state index in [0.717, 1.165) is 36.7 Å². The highest BCUT2D eigenvalue weighted by Gasteiger charge is 2.42. The lowest BCUT2D eigenvalue weighted by molar-refractivity contribution is -0.931. The van der Waals surface area contributed by atoms with E-state index >= 15 is 0 Å². The molecule has 0 aliphatic carbocycles. The number of piperazine rings is 1. The molecule has 0 spiro atoms. The summed E-state index contributed by atoms with van der Waals surface area (Å²) in [6, 6.07) is 7.24. The van der Waals surface area contributed by atoms with Crippen molar-refractivity contribution in [2.45, 2.75) is 19.0 Å². The molecule has 0 saturated carbocycles. The molecule has 3 fully saturated rings. The van der Waals surface area contributed by atoms with Crippen molar-refractivity contribution in [2.24, 2.45) is 18.9 Å². The van der Waals surface area contributed by atoms with E-state index in [1.807, 2.05) is 0 Å². The Morgan fingerprint density at radius 2 is 1.72 bits per heavy atom. The number of nitrogen functional groups attached to an aromatic ring is 1. The number of aliphatic carboxylic acids is 1. The van der Waals surface area contributed by atoms with Gasteiger partial charge in [-0.05, 0) is 30.3 Å². The van der Waals surface area contributed by atoms with Crippen molar-refractivity contribution >= 4 is 46.7 Å². The van der Waals surface area contributed by atoms with Gasteiger partial charge in [-0.25, -0.2) is 14.6 Å². The maximum atomic E-state index is 14.1. The Balaban J connectivity index is 0.954. The summed E-state index contributed by atoms with van der Waals surface area (Å²) in [5.41, 5.74) is 4.84. The molecule has 0 unspecified atom stereocenters. The van der Waals surface area contributed by atoms with Gasteiger partial charge in [-0.2, -0.15) is 18.3 Å². The minimum Gasteiger partial charge on any atom is -0.544 e. The van der Waals surface area contributed by atoms with Crippen LogP contribution in [0.25, 0.3) is 17.1 Å². The molecule has 0 bridgehead atoms. The Morgan fingerprint density at radius 1 is 1.02 bits per heavy atom. The van der Waals surface area contributed by atoms with Crippen molar-refractivity contribution in [3.05, 3.63) is 71.0 Å². The monoisotopic (exact) mass is 811 g/mol. The van der Waals surface area contributed by atoms with Crippen LogP contribution in [-0.4, -0.2) is 128 Å². The molecule has 4 N–H and O–H groups in total. The number of hydrogen-bond acceptors (Lipinski definition) is 10. The van der Waals surface area contributed by atoms with Gasteiger partial charge in [0.1, 0.15) is 6.54 Å². The number of quaternary nitrogens is 1. The number of rotatable bonds is 10. The van der Waals surface area contributed by atoms with E-state index in [0.29, 0.717) is 68.2 Å². The molecule has 0 radical (unpaired) electrons. The average Bonchev–Trinajstić information content (AvgIpc) is 3.77. The number of piperidine rings is 1. The van der Waals surface area contributed by atoms with Crippen molar-refractivity contribution < 1.29 is 41.9 Å². The first-order valence-electron chi connectivity index (χ1n) is 18.5. The zero-order valence-electron chi connectivity index (χ0n) is 31.0. The normalized spacial score (nSPS) is 20.3. The van der Waals surface area contributed by atoms with Gasteiger partial charge in [0, 0.05) is 82.9 Å². The minimum absolute atomic E-state index is 0.0166. The first-order valence-corrected chi connectivity index (χ1v) is 18.8. The summed E-state index contributed by atoms with van der Waals surface area (Å²) in [5.74, 6) is -2.02. The largest absolute Gasteiger partial charge is 0.544 e. The zero-order chi connectivity index (χ0) is 40.6. The number of carbonyl (C=O) groups excluding carboxylic acids is 4. The van der Waals surface area contributed by atoms with E-state index < -0.39 is 23.7 Å². The number of carboxylic acid groups (broad SMARTS) is 1. The van der Waals surface area contributed by atoms with E-state index in [-0.39, 0.29) is 63.5 Å². The molecule has 1 aromatic carbocycles. The second-order valence-corrected chi connectivity index (χ2v) is 15.3. The van der Waals surface area contributed by atoms with Crippen LogP contribution < -0.4 is 21.5 Å². The molecular weight excluding hydrogens is 771 g/mol. The van der Waals surface area contributed by atoms with Gasteiger partial charge in [0.15, 0.2) is 17.3 Å². The number of anilines is 2. The molecule has 302 valence electrons. The number of amides is 3. The molecule has 3 aliphatic heterocycles. The Kier molecular flexibility index (Phi) is 11.0. The summed E-state index contributed by atoms with van der Waals surface area (Å²) in [5, 5.41) is 21.2. The Labute approximate surface area is 330 Å². The molecular formula is C37H41ClF3N11O5. The Hall–Kier alpha value is -5.53. The number of aromatic nitrogens is 5. The fraction of sp³-hybridized carbons (Fsp3) is 0.432. The molecule has 4 aromatic rings. The molecule has 6 heterocycles. The second kappa shape index (κ2) is 15.8. The molecule has 16 nitrogen and oxygen atoms in total. The zero-order valence-corrected chi connectivity index (χ0v) is 31.7. The van der Waals surface area contributed by atoms with Gasteiger partial charge >= 0.3 is 6.18 Å². The third kappa shape index (κ3) is 8.45. The molecule has 0 atom stereocenters. The van der Waals surface area contributed by atoms with Crippen molar-refractivity contribution in [3.8, 4) is 17.1 Å². The van der Waals surface area contributed by atoms with Crippen molar-refractivity contribution in [2.75, 3.05) is 76.5 Å². The van der Waals surface area contributed by atoms with E-state index in [9.17, 15) is 37.5 Å². The summed E-state index contributed by atoms with van der Waals surface area (Å²) >= 11 is 6.53. The number of carboxylic acids is 1. The molecule has 3 aromatic heterocycles. The molecule has 3 saturated heterocycles. The van der Waals surface area contributed by atoms with Gasteiger partial charge < -0.3 is 45.1 Å². The first-order chi connectivity index (χ1) is 27.1. The van der Waals surface area contributed by atoms with Crippen molar-refractivity contribution in [3.63, 3.8) is 0 Å². The number of likely N-dealkylation sites (tertiary alicyclic amines) is 1. The Morgan fingerprint density at radius 3 is 2.32 bits per heavy atom. The smallest absolute Gasteiger partial charge is 0.435 e. The highest BCUT2D eigenvalue weighted by Crippen LogP contribution is 2.37. The topological polar surface area (TPSA) is 196 Å². The molecule has 7 rings (SSSR count). The predicted molar refractivity (Wildman–Crippen MR) is 199 cm³/mol. The number of benzene rings is 1. The summed E-state index contributed by atoms with van der Waals surface area (Å²) in [6.45, 7) is 4.94. The van der Waals surface area contributed by atoms with Gasteiger partial charge in [0.25, 0.3) is 11.8 Å². The number of nitrogens with two attached hydrogens (primary N) is 1. The third-order valence-corrected chi connectivity index (χ3v) is 11.3. The lowest BCUT2D eigenvalue weighted by Gasteiger charge is -2.47. The van der Waals surface area contributed by atoms with Gasteiger partial charge in [-0.15, -0.1) is 0 Å². The number of hydrogen-bond donors (Lipinski definition) is 3. The highest BCUT2D eigenvalue weighted by molar-refractivity contribution is 6.34. The maximum absolute atomic E-state index is 14.1. The SMILES string of the molecule is Cn1c(-c2cn(-c3ccc(N)cn3)nc2C(F)(F)F)cnc1C(=O)Nc1ccc(C(=O)N2CCN(C(=O)C3CC[N+](CC(=O)[O-])(CC4CNC4)CC3)CC2)c(Cl)c1. The maximum Gasteiger partial charge on any atom is 0.435 e. The Bertz CT molecular complexity index is 2170. The number of nitrogens with one attached hydrogen (secondary N) is 2. The van der Waals surface area contributed by atoms with Crippen LogP contribution in [0.2, 0.25) is 5.02 Å². The fourth-order valence-electron chi connectivity index (χ4n) is 7.87. The van der Waals surface area contributed by atoms with Crippen LogP contribution in [-0.2, 0) is 22.8 Å². The molecule has 20 heteroatoms. The van der Waals surface area contributed by atoms with E-state index in [2.05, 4.69) is 25.7 Å². The highest BCUT2D eigenvalue weighted by atomic mass is 35.5. The summed E-state index contributed by atoms with van der Waals surface area (Å²) in [6.07, 6.45) is -0.0672. The van der Waals surface area contributed by atoms with Crippen LogP contribution in [0.4, 0.5) is 24.5 Å². The van der Waals surface area contributed by atoms with Gasteiger partial charge in [-0.3, -0.25) is 14.4 Å². The number of nitrogens with zero attached hydrogens (tertiary/aromatic N) is 8. The number of imidazole rings is 1. The lowest BCUT2D eigenvalue weighted by Crippen LogP contribution is -2.63. The van der Waals surface area contributed by atoms with Crippen LogP contribution in [0.3, 0.4) is 0 Å². The van der Waals surface area contributed by atoms with Crippen LogP contribution in [0, 0.1) is 11.8 Å². The third-order valence-electron chi connectivity index (χ3n) is 11.0. The van der Waals surface area contributed by atoms with Crippen LogP contribution in [0.5, 0.6) is 0 Å². The number of halogens is 4. The first kappa shape index (κ1) is 39.7. The standard InChI is InChI=1S/C37H41ClF3N11O5/c1-48-29(27-19-51(47-32(27)37(39,40)41)30-5-2-24(42)17-44-30)18-45-33(48)34(55)46-25-3-4-26(28(38)14-25)36(57)50-10-8-49(9-11-50)35(56)23-6-12-52(13-7-23,21-31(53)54)20-22-15-43-16-22/h2-5,14,17-19,22-23,43H,6-13,15-16,20-21,42H2,1H3,(H-,46,53,54,55,57). The molecule has 57 heavy (non-hydrogen) atoms. The fourth-order valence-corrected chi connectivity index (χ4v) is 8.13. The van der Waals surface area contributed by atoms with Crippen LogP contribution >= 0.6 is 11.6 Å². The minimum atomic E-state index is -4.83.